The second-order valence-corrected chi connectivity index (χ2v) is 6.67. The van der Waals surface area contributed by atoms with Gasteiger partial charge in [0.2, 0.25) is 0 Å². The SMILES string of the molecule is CC(C)c1c2cc(C(C)(C)C)cc(Cl)c2nn1C. The summed E-state index contributed by atoms with van der Waals surface area (Å²) in [6, 6.07) is 4.28. The van der Waals surface area contributed by atoms with Gasteiger partial charge in [-0.05, 0) is 29.0 Å². The Balaban J connectivity index is 2.81. The van der Waals surface area contributed by atoms with Gasteiger partial charge in [-0.3, -0.25) is 4.68 Å². The fourth-order valence-corrected chi connectivity index (χ4v) is 2.65. The summed E-state index contributed by atoms with van der Waals surface area (Å²) in [5.41, 5.74) is 3.52. The largest absolute Gasteiger partial charge is 0.271 e. The molecular formula is C15H21ClN2. The lowest BCUT2D eigenvalue weighted by molar-refractivity contribution is 0.591. The van der Waals surface area contributed by atoms with Crippen LogP contribution in [-0.4, -0.2) is 9.78 Å². The molecule has 0 amide bonds. The van der Waals surface area contributed by atoms with Crippen molar-refractivity contribution in [1.29, 1.82) is 0 Å². The van der Waals surface area contributed by atoms with Crippen molar-refractivity contribution in [2.75, 3.05) is 0 Å². The molecule has 98 valence electrons. The van der Waals surface area contributed by atoms with Crippen LogP contribution in [0.4, 0.5) is 0 Å². The number of aromatic nitrogens is 2. The summed E-state index contributed by atoms with van der Waals surface area (Å²) >= 11 is 6.38. The predicted octanol–water partition coefficient (Wildman–Crippen LogP) is 4.65. The van der Waals surface area contributed by atoms with Crippen molar-refractivity contribution in [1.82, 2.24) is 9.78 Å². The third-order valence-electron chi connectivity index (χ3n) is 3.35. The van der Waals surface area contributed by atoms with Gasteiger partial charge in [0.1, 0.15) is 5.52 Å². The van der Waals surface area contributed by atoms with E-state index >= 15 is 0 Å². The van der Waals surface area contributed by atoms with Crippen molar-refractivity contribution in [2.45, 2.75) is 46.0 Å². The molecule has 0 aliphatic carbocycles. The highest BCUT2D eigenvalue weighted by atomic mass is 35.5. The highest BCUT2D eigenvalue weighted by molar-refractivity contribution is 6.35. The molecule has 0 unspecified atom stereocenters. The Morgan fingerprint density at radius 2 is 1.83 bits per heavy atom. The van der Waals surface area contributed by atoms with Gasteiger partial charge in [0.25, 0.3) is 0 Å². The molecule has 0 aliphatic rings. The summed E-state index contributed by atoms with van der Waals surface area (Å²) in [6.45, 7) is 11.0. The highest BCUT2D eigenvalue weighted by Gasteiger charge is 2.20. The second-order valence-electron chi connectivity index (χ2n) is 6.27. The van der Waals surface area contributed by atoms with E-state index in [0.717, 1.165) is 10.5 Å². The smallest absolute Gasteiger partial charge is 0.111 e. The van der Waals surface area contributed by atoms with Gasteiger partial charge in [-0.1, -0.05) is 46.2 Å². The van der Waals surface area contributed by atoms with Gasteiger partial charge in [0.05, 0.1) is 5.02 Å². The van der Waals surface area contributed by atoms with Gasteiger partial charge >= 0.3 is 0 Å². The van der Waals surface area contributed by atoms with Crippen LogP contribution >= 0.6 is 11.6 Å². The number of hydrogen-bond acceptors (Lipinski definition) is 1. The molecule has 1 aromatic carbocycles. The Hall–Kier alpha value is -1.02. The summed E-state index contributed by atoms with van der Waals surface area (Å²) in [6.07, 6.45) is 0. The third-order valence-corrected chi connectivity index (χ3v) is 3.64. The topological polar surface area (TPSA) is 17.8 Å². The van der Waals surface area contributed by atoms with E-state index in [-0.39, 0.29) is 5.41 Å². The molecule has 18 heavy (non-hydrogen) atoms. The van der Waals surface area contributed by atoms with E-state index in [2.05, 4.69) is 45.8 Å². The van der Waals surface area contributed by atoms with Crippen LogP contribution in [0.25, 0.3) is 10.9 Å². The lowest BCUT2D eigenvalue weighted by atomic mass is 9.86. The zero-order valence-corrected chi connectivity index (χ0v) is 12.8. The normalized spacial score (nSPS) is 12.7. The maximum atomic E-state index is 6.38. The van der Waals surface area contributed by atoms with Crippen LogP contribution in [0.5, 0.6) is 0 Å². The summed E-state index contributed by atoms with van der Waals surface area (Å²) < 4.78 is 1.95. The van der Waals surface area contributed by atoms with E-state index in [1.165, 1.54) is 16.6 Å². The van der Waals surface area contributed by atoms with E-state index in [1.54, 1.807) is 0 Å². The fraction of sp³-hybridized carbons (Fsp3) is 0.533. The van der Waals surface area contributed by atoms with Crippen LogP contribution in [0.3, 0.4) is 0 Å². The van der Waals surface area contributed by atoms with Crippen molar-refractivity contribution in [3.8, 4) is 0 Å². The first-order valence-electron chi connectivity index (χ1n) is 6.38. The number of fused-ring (bicyclic) bond motifs is 1. The molecule has 0 fully saturated rings. The quantitative estimate of drug-likeness (QED) is 0.733. The Labute approximate surface area is 114 Å². The summed E-state index contributed by atoms with van der Waals surface area (Å²) in [7, 11) is 1.99. The molecule has 0 radical (unpaired) electrons. The molecule has 0 N–H and O–H groups in total. The monoisotopic (exact) mass is 264 g/mol. The van der Waals surface area contributed by atoms with Crippen LogP contribution in [-0.2, 0) is 12.5 Å². The van der Waals surface area contributed by atoms with Gasteiger partial charge in [-0.15, -0.1) is 0 Å². The number of hydrogen-bond donors (Lipinski definition) is 0. The number of benzene rings is 1. The van der Waals surface area contributed by atoms with Crippen LogP contribution in [0.15, 0.2) is 12.1 Å². The first kappa shape index (κ1) is 13.4. The number of halogens is 1. The van der Waals surface area contributed by atoms with Crippen molar-refractivity contribution < 1.29 is 0 Å². The van der Waals surface area contributed by atoms with Crippen molar-refractivity contribution >= 4 is 22.5 Å². The van der Waals surface area contributed by atoms with Crippen molar-refractivity contribution in [2.24, 2.45) is 7.05 Å². The van der Waals surface area contributed by atoms with Crippen LogP contribution in [0, 0.1) is 0 Å². The molecule has 0 atom stereocenters. The Bertz CT molecular complexity index is 589. The summed E-state index contributed by atoms with van der Waals surface area (Å²) in [5, 5.41) is 6.48. The molecule has 0 aliphatic heterocycles. The standard InChI is InChI=1S/C15H21ClN2/c1-9(2)14-11-7-10(15(3,4)5)8-12(16)13(11)17-18(14)6/h7-9H,1-6H3. The Kier molecular flexibility index (Phi) is 3.18. The number of rotatable bonds is 1. The van der Waals surface area contributed by atoms with E-state index in [0.29, 0.717) is 5.92 Å². The lowest BCUT2D eigenvalue weighted by Gasteiger charge is -2.19. The van der Waals surface area contributed by atoms with E-state index in [9.17, 15) is 0 Å². The van der Waals surface area contributed by atoms with Crippen LogP contribution in [0.2, 0.25) is 5.02 Å². The summed E-state index contributed by atoms with van der Waals surface area (Å²) in [5.74, 6) is 0.436. The average molecular weight is 265 g/mol. The molecular weight excluding hydrogens is 244 g/mol. The Morgan fingerprint density at radius 3 is 2.33 bits per heavy atom. The molecule has 0 saturated carbocycles. The summed E-state index contributed by atoms with van der Waals surface area (Å²) in [4.78, 5) is 0. The zero-order valence-electron chi connectivity index (χ0n) is 12.0. The minimum atomic E-state index is 0.0991. The highest BCUT2D eigenvalue weighted by Crippen LogP contribution is 2.34. The molecule has 2 nitrogen and oxygen atoms in total. The molecule has 1 heterocycles. The van der Waals surface area contributed by atoms with Gasteiger partial charge in [0.15, 0.2) is 0 Å². The first-order chi connectivity index (χ1) is 8.21. The first-order valence-corrected chi connectivity index (χ1v) is 6.76. The Morgan fingerprint density at radius 1 is 1.22 bits per heavy atom. The molecule has 0 spiro atoms. The predicted molar refractivity (Wildman–Crippen MR) is 78.5 cm³/mol. The number of aryl methyl sites for hydroxylation is 1. The van der Waals surface area contributed by atoms with E-state index < -0.39 is 0 Å². The number of nitrogens with zero attached hydrogens (tertiary/aromatic N) is 2. The molecule has 2 rings (SSSR count). The lowest BCUT2D eigenvalue weighted by Crippen LogP contribution is -2.10. The molecule has 2 aromatic rings. The maximum Gasteiger partial charge on any atom is 0.111 e. The maximum absolute atomic E-state index is 6.38. The van der Waals surface area contributed by atoms with Crippen molar-refractivity contribution in [3.05, 3.63) is 28.4 Å². The average Bonchev–Trinajstić information content (AvgIpc) is 2.53. The van der Waals surface area contributed by atoms with Gasteiger partial charge in [-0.2, -0.15) is 5.10 Å². The molecule has 0 bridgehead atoms. The molecule has 3 heteroatoms. The second kappa shape index (κ2) is 4.27. The van der Waals surface area contributed by atoms with Crippen LogP contribution < -0.4 is 0 Å². The fourth-order valence-electron chi connectivity index (χ4n) is 2.39. The van der Waals surface area contributed by atoms with Gasteiger partial charge in [-0.25, -0.2) is 0 Å². The minimum Gasteiger partial charge on any atom is -0.271 e. The van der Waals surface area contributed by atoms with Gasteiger partial charge in [0, 0.05) is 18.1 Å². The van der Waals surface area contributed by atoms with Crippen molar-refractivity contribution in [3.63, 3.8) is 0 Å². The third kappa shape index (κ3) is 2.14. The minimum absolute atomic E-state index is 0.0991. The zero-order chi connectivity index (χ0) is 13.7. The molecule has 0 saturated heterocycles. The van der Waals surface area contributed by atoms with E-state index in [1.807, 2.05) is 17.8 Å². The van der Waals surface area contributed by atoms with E-state index in [4.69, 9.17) is 11.6 Å². The molecule has 1 aromatic heterocycles. The van der Waals surface area contributed by atoms with Gasteiger partial charge < -0.3 is 0 Å². The van der Waals surface area contributed by atoms with Crippen LogP contribution in [0.1, 0.15) is 51.8 Å².